The normalized spacial score (nSPS) is 12.7. The van der Waals surface area contributed by atoms with E-state index in [0.717, 1.165) is 0 Å². The molecule has 0 aliphatic carbocycles. The van der Waals surface area contributed by atoms with Crippen molar-refractivity contribution in [2.24, 2.45) is 5.92 Å². The summed E-state index contributed by atoms with van der Waals surface area (Å²) >= 11 is 0. The molecule has 1 N–H and O–H groups in total. The topological polar surface area (TPSA) is 89.9 Å². The molecular weight excluding hydrogens is 228 g/mol. The van der Waals surface area contributed by atoms with Crippen molar-refractivity contribution in [3.05, 3.63) is 0 Å². The fourth-order valence-electron chi connectivity index (χ4n) is 1.36. The minimum Gasteiger partial charge on any atom is -0.463 e. The maximum absolute atomic E-state index is 11.6. The van der Waals surface area contributed by atoms with Crippen LogP contribution in [0.5, 0.6) is 0 Å². The van der Waals surface area contributed by atoms with E-state index in [-0.39, 0.29) is 19.6 Å². The van der Waals surface area contributed by atoms with E-state index >= 15 is 0 Å². The first-order chi connectivity index (χ1) is 7.98. The molecule has 0 aromatic carbocycles. The molecule has 0 amide bonds. The Morgan fingerprint density at radius 2 is 1.59 bits per heavy atom. The minimum absolute atomic E-state index is 0.00413. The van der Waals surface area contributed by atoms with Crippen LogP contribution in [0.1, 0.15) is 27.2 Å². The second-order valence-electron chi connectivity index (χ2n) is 3.36. The molecule has 1 atom stereocenters. The van der Waals surface area contributed by atoms with E-state index in [9.17, 15) is 19.5 Å². The van der Waals surface area contributed by atoms with Gasteiger partial charge in [-0.1, -0.05) is 6.92 Å². The number of esters is 2. The summed E-state index contributed by atoms with van der Waals surface area (Å²) in [5, 5.41) is 10.1. The van der Waals surface area contributed by atoms with E-state index in [1.54, 1.807) is 6.92 Å². The maximum atomic E-state index is 11.6. The Morgan fingerprint density at radius 1 is 1.18 bits per heavy atom. The van der Waals surface area contributed by atoms with Crippen LogP contribution < -0.4 is 0 Å². The van der Waals surface area contributed by atoms with E-state index in [0.29, 0.717) is 6.29 Å². The highest BCUT2D eigenvalue weighted by atomic mass is 16.6. The number of ether oxygens (including phenoxy) is 2. The average Bonchev–Trinajstić information content (AvgIpc) is 2.30. The van der Waals surface area contributed by atoms with Gasteiger partial charge in [-0.3, -0.25) is 0 Å². The quantitative estimate of drug-likeness (QED) is 0.388. The van der Waals surface area contributed by atoms with Crippen LogP contribution in [0, 0.1) is 5.92 Å². The van der Waals surface area contributed by atoms with Gasteiger partial charge < -0.3 is 19.4 Å². The number of hydrogen-bond acceptors (Lipinski definition) is 6. The van der Waals surface area contributed by atoms with Crippen LogP contribution in [0.15, 0.2) is 0 Å². The number of aliphatic hydroxyl groups is 1. The zero-order valence-corrected chi connectivity index (χ0v) is 10.3. The molecule has 0 rings (SSSR count). The molecule has 0 aromatic rings. The molecule has 0 aliphatic heterocycles. The summed E-state index contributed by atoms with van der Waals surface area (Å²) in [4.78, 5) is 34.0. The molecule has 98 valence electrons. The van der Waals surface area contributed by atoms with Gasteiger partial charge in [-0.2, -0.15) is 0 Å². The lowest BCUT2D eigenvalue weighted by molar-refractivity contribution is -0.190. The first-order valence-corrected chi connectivity index (χ1v) is 5.50. The van der Waals surface area contributed by atoms with Gasteiger partial charge in [0.15, 0.2) is 0 Å². The van der Waals surface area contributed by atoms with Gasteiger partial charge in [0.25, 0.3) is 5.60 Å². The van der Waals surface area contributed by atoms with Crippen molar-refractivity contribution in [3.8, 4) is 0 Å². The Kier molecular flexibility index (Phi) is 6.42. The number of aldehydes is 1. The monoisotopic (exact) mass is 246 g/mol. The van der Waals surface area contributed by atoms with Gasteiger partial charge in [-0.15, -0.1) is 0 Å². The zero-order valence-electron chi connectivity index (χ0n) is 10.3. The van der Waals surface area contributed by atoms with E-state index in [1.165, 1.54) is 13.8 Å². The maximum Gasteiger partial charge on any atom is 0.350 e. The third-order valence-electron chi connectivity index (χ3n) is 2.31. The number of hydrogen-bond donors (Lipinski definition) is 1. The Balaban J connectivity index is 5.25. The molecule has 0 saturated carbocycles. The van der Waals surface area contributed by atoms with Crippen molar-refractivity contribution in [1.82, 2.24) is 0 Å². The lowest BCUT2D eigenvalue weighted by Gasteiger charge is -2.27. The molecule has 0 spiro atoms. The molecule has 0 saturated heterocycles. The minimum atomic E-state index is -2.55. The van der Waals surface area contributed by atoms with Crippen LogP contribution in [0.2, 0.25) is 0 Å². The van der Waals surface area contributed by atoms with Crippen molar-refractivity contribution >= 4 is 18.2 Å². The van der Waals surface area contributed by atoms with Gasteiger partial charge in [-0.25, -0.2) is 9.59 Å². The lowest BCUT2D eigenvalue weighted by Crippen LogP contribution is -2.55. The molecule has 6 nitrogen and oxygen atoms in total. The van der Waals surface area contributed by atoms with Gasteiger partial charge in [-0.05, 0) is 20.3 Å². The van der Waals surface area contributed by atoms with Gasteiger partial charge >= 0.3 is 11.9 Å². The third kappa shape index (κ3) is 3.26. The summed E-state index contributed by atoms with van der Waals surface area (Å²) in [6, 6.07) is 0. The Labute approximate surface area is 99.9 Å². The number of rotatable bonds is 7. The second-order valence-corrected chi connectivity index (χ2v) is 3.36. The smallest absolute Gasteiger partial charge is 0.350 e. The summed E-state index contributed by atoms with van der Waals surface area (Å²) in [6.45, 7) is 4.63. The fraction of sp³-hybridized carbons (Fsp3) is 0.727. The third-order valence-corrected chi connectivity index (χ3v) is 2.31. The standard InChI is InChI=1S/C11H18O6/c1-4-8(7-12)11(15,9(13)16-5-2)10(14)17-6-3/h7-8,15H,4-6H2,1-3H3. The molecule has 0 aromatic heterocycles. The van der Waals surface area contributed by atoms with Crippen molar-refractivity contribution in [2.45, 2.75) is 32.8 Å². The summed E-state index contributed by atoms with van der Waals surface area (Å²) in [7, 11) is 0. The molecule has 0 radical (unpaired) electrons. The molecular formula is C11H18O6. The SMILES string of the molecule is CCOC(=O)C(O)(C(=O)OCC)C(C=O)CC. The summed E-state index contributed by atoms with van der Waals surface area (Å²) < 4.78 is 9.22. The first-order valence-electron chi connectivity index (χ1n) is 5.50. The number of carbonyl (C=O) groups excluding carboxylic acids is 3. The van der Waals surface area contributed by atoms with Gasteiger partial charge in [0, 0.05) is 0 Å². The van der Waals surface area contributed by atoms with Crippen molar-refractivity contribution in [3.63, 3.8) is 0 Å². The van der Waals surface area contributed by atoms with Crippen LogP contribution in [0.25, 0.3) is 0 Å². The van der Waals surface area contributed by atoms with E-state index in [2.05, 4.69) is 9.47 Å². The van der Waals surface area contributed by atoms with Gasteiger partial charge in [0.05, 0.1) is 19.1 Å². The molecule has 0 bridgehead atoms. The Bertz CT molecular complexity index is 268. The molecule has 17 heavy (non-hydrogen) atoms. The first kappa shape index (κ1) is 15.6. The van der Waals surface area contributed by atoms with E-state index in [1.807, 2.05) is 0 Å². The summed E-state index contributed by atoms with van der Waals surface area (Å²) in [5.74, 6) is -3.49. The predicted octanol–water partition coefficient (Wildman–Crippen LogP) is 0.0688. The highest BCUT2D eigenvalue weighted by Crippen LogP contribution is 2.23. The molecule has 0 heterocycles. The van der Waals surface area contributed by atoms with Gasteiger partial charge in [0.1, 0.15) is 6.29 Å². The Hall–Kier alpha value is -1.43. The molecule has 0 aliphatic rings. The van der Waals surface area contributed by atoms with Crippen LogP contribution in [-0.2, 0) is 23.9 Å². The lowest BCUT2D eigenvalue weighted by atomic mass is 9.86. The largest absolute Gasteiger partial charge is 0.463 e. The summed E-state index contributed by atoms with van der Waals surface area (Å²) in [6.07, 6.45) is 0.478. The van der Waals surface area contributed by atoms with E-state index < -0.39 is 23.5 Å². The van der Waals surface area contributed by atoms with Crippen molar-refractivity contribution < 1.29 is 29.0 Å². The number of carbonyl (C=O) groups is 3. The highest BCUT2D eigenvalue weighted by molar-refractivity contribution is 6.05. The fourth-order valence-corrected chi connectivity index (χ4v) is 1.36. The molecule has 6 heteroatoms. The molecule has 1 unspecified atom stereocenters. The molecule has 0 fully saturated rings. The average molecular weight is 246 g/mol. The Morgan fingerprint density at radius 3 is 1.82 bits per heavy atom. The predicted molar refractivity (Wildman–Crippen MR) is 58.1 cm³/mol. The zero-order chi connectivity index (χ0) is 13.5. The van der Waals surface area contributed by atoms with Crippen LogP contribution in [-0.4, -0.2) is 42.1 Å². The summed E-state index contributed by atoms with van der Waals surface area (Å²) in [5.41, 5.74) is -2.55. The van der Waals surface area contributed by atoms with E-state index in [4.69, 9.17) is 0 Å². The second kappa shape index (κ2) is 7.01. The van der Waals surface area contributed by atoms with Gasteiger partial charge in [0.2, 0.25) is 0 Å². The van der Waals surface area contributed by atoms with Crippen LogP contribution >= 0.6 is 0 Å². The van der Waals surface area contributed by atoms with Crippen LogP contribution in [0.4, 0.5) is 0 Å². The van der Waals surface area contributed by atoms with Crippen LogP contribution in [0.3, 0.4) is 0 Å². The highest BCUT2D eigenvalue weighted by Gasteiger charge is 2.53. The van der Waals surface area contributed by atoms with Crippen molar-refractivity contribution in [2.75, 3.05) is 13.2 Å². The van der Waals surface area contributed by atoms with Crippen molar-refractivity contribution in [1.29, 1.82) is 0 Å².